The molecule has 0 aliphatic rings. The van der Waals surface area contributed by atoms with Crippen LogP contribution in [0.15, 0.2) is 29.5 Å². The summed E-state index contributed by atoms with van der Waals surface area (Å²) in [5, 5.41) is 11.6. The monoisotopic (exact) mass is 252 g/mol. The molecule has 0 fully saturated rings. The molecule has 1 atom stereocenters. The first kappa shape index (κ1) is 16.9. The third-order valence-corrected chi connectivity index (χ3v) is 2.85. The van der Waals surface area contributed by atoms with Crippen molar-refractivity contribution >= 4 is 6.21 Å². The van der Waals surface area contributed by atoms with Crippen molar-refractivity contribution in [2.24, 2.45) is 16.3 Å². The van der Waals surface area contributed by atoms with Crippen LogP contribution in [0.25, 0.3) is 0 Å². The number of allylic oxidation sites excluding steroid dienone is 3. The van der Waals surface area contributed by atoms with Crippen LogP contribution in [0.2, 0.25) is 0 Å². The van der Waals surface area contributed by atoms with Crippen LogP contribution in [-0.2, 0) is 0 Å². The normalized spacial score (nSPS) is 15.1. The summed E-state index contributed by atoms with van der Waals surface area (Å²) >= 11 is 0. The van der Waals surface area contributed by atoms with E-state index in [1.54, 1.807) is 6.21 Å². The molecular weight excluding hydrogens is 224 g/mol. The topological polar surface area (TPSA) is 58.6 Å². The van der Waals surface area contributed by atoms with Gasteiger partial charge in [0.15, 0.2) is 0 Å². The molecule has 1 unspecified atom stereocenters. The van der Waals surface area contributed by atoms with Crippen molar-refractivity contribution in [3.63, 3.8) is 0 Å². The van der Waals surface area contributed by atoms with Gasteiger partial charge in [0.2, 0.25) is 0 Å². The van der Waals surface area contributed by atoms with E-state index in [9.17, 15) is 0 Å². The average Bonchev–Trinajstić information content (AvgIpc) is 2.32. The highest BCUT2D eigenvalue weighted by Crippen LogP contribution is 2.17. The Bertz CT molecular complexity index is 280. The highest BCUT2D eigenvalue weighted by Gasteiger charge is 2.12. The maximum Gasteiger partial charge on any atom is 0.0495 e. The molecule has 0 aliphatic heterocycles. The predicted molar refractivity (Wildman–Crippen MR) is 79.1 cm³/mol. The molecule has 0 radical (unpaired) electrons. The van der Waals surface area contributed by atoms with Gasteiger partial charge in [0.25, 0.3) is 0 Å². The summed E-state index contributed by atoms with van der Waals surface area (Å²) in [5.74, 6) is 0. The minimum Gasteiger partial charge on any atom is -0.411 e. The molecule has 0 aromatic rings. The number of hydrogen-bond donors (Lipinski definition) is 2. The van der Waals surface area contributed by atoms with Crippen LogP contribution in [-0.4, -0.2) is 17.5 Å². The fourth-order valence-corrected chi connectivity index (χ4v) is 1.46. The molecule has 0 aromatic carbocycles. The number of nitrogens with two attached hydrogens (primary N) is 1. The molecule has 104 valence electrons. The van der Waals surface area contributed by atoms with E-state index >= 15 is 0 Å². The second kappa shape index (κ2) is 9.89. The summed E-state index contributed by atoms with van der Waals surface area (Å²) in [6, 6.07) is 0.301. The lowest BCUT2D eigenvalue weighted by Gasteiger charge is -2.14. The van der Waals surface area contributed by atoms with Gasteiger partial charge in [0.05, 0.1) is 0 Å². The number of nitrogens with zero attached hydrogens (tertiary/aromatic N) is 1. The van der Waals surface area contributed by atoms with E-state index in [-0.39, 0.29) is 5.41 Å². The van der Waals surface area contributed by atoms with Crippen LogP contribution in [0, 0.1) is 5.41 Å². The first-order valence-electron chi connectivity index (χ1n) is 6.76. The molecule has 18 heavy (non-hydrogen) atoms. The smallest absolute Gasteiger partial charge is 0.0495 e. The fraction of sp³-hybridized carbons (Fsp3) is 0.667. The van der Waals surface area contributed by atoms with Gasteiger partial charge < -0.3 is 10.9 Å². The van der Waals surface area contributed by atoms with Crippen molar-refractivity contribution in [1.82, 2.24) is 0 Å². The van der Waals surface area contributed by atoms with Crippen molar-refractivity contribution in [3.8, 4) is 0 Å². The maximum atomic E-state index is 8.49. The predicted octanol–water partition coefficient (Wildman–Crippen LogP) is 3.88. The molecule has 0 saturated heterocycles. The van der Waals surface area contributed by atoms with Crippen molar-refractivity contribution in [2.45, 2.75) is 58.9 Å². The van der Waals surface area contributed by atoms with Gasteiger partial charge in [0.1, 0.15) is 0 Å². The lowest BCUT2D eigenvalue weighted by atomic mass is 9.91. The molecule has 0 bridgehead atoms. The van der Waals surface area contributed by atoms with E-state index in [1.165, 1.54) is 0 Å². The minimum absolute atomic E-state index is 0.0744. The number of unbranched alkanes of at least 4 members (excludes halogenated alkanes) is 1. The SMILES string of the molecule is CCC(N)C/C=C/CC/C=C/CC(C)(C)/C=N/O. The second-order valence-electron chi connectivity index (χ2n) is 5.36. The Labute approximate surface area is 111 Å². The Kier molecular flexibility index (Phi) is 9.29. The van der Waals surface area contributed by atoms with Gasteiger partial charge >= 0.3 is 0 Å². The molecular formula is C15H28N2O. The Hall–Kier alpha value is -1.09. The van der Waals surface area contributed by atoms with E-state index in [0.717, 1.165) is 32.1 Å². The van der Waals surface area contributed by atoms with Gasteiger partial charge in [-0.1, -0.05) is 45.1 Å². The lowest BCUT2D eigenvalue weighted by Crippen LogP contribution is -2.16. The summed E-state index contributed by atoms with van der Waals surface area (Å²) in [4.78, 5) is 0. The zero-order chi connectivity index (χ0) is 13.9. The summed E-state index contributed by atoms with van der Waals surface area (Å²) in [6.45, 7) is 6.20. The zero-order valence-electron chi connectivity index (χ0n) is 12.0. The Morgan fingerprint density at radius 2 is 1.78 bits per heavy atom. The minimum atomic E-state index is -0.0744. The van der Waals surface area contributed by atoms with Gasteiger partial charge in [-0.3, -0.25) is 0 Å². The third kappa shape index (κ3) is 10.1. The van der Waals surface area contributed by atoms with Crippen LogP contribution in [0.5, 0.6) is 0 Å². The Morgan fingerprint density at radius 1 is 1.17 bits per heavy atom. The van der Waals surface area contributed by atoms with Gasteiger partial charge in [-0.25, -0.2) is 0 Å². The number of rotatable bonds is 9. The molecule has 3 heteroatoms. The van der Waals surface area contributed by atoms with Crippen LogP contribution >= 0.6 is 0 Å². The number of oxime groups is 1. The summed E-state index contributed by atoms with van der Waals surface area (Å²) in [6.07, 6.45) is 15.3. The van der Waals surface area contributed by atoms with E-state index in [4.69, 9.17) is 10.9 Å². The van der Waals surface area contributed by atoms with Gasteiger partial charge in [-0.2, -0.15) is 0 Å². The number of hydrogen-bond acceptors (Lipinski definition) is 3. The summed E-state index contributed by atoms with van der Waals surface area (Å²) in [7, 11) is 0. The molecule has 0 amide bonds. The van der Waals surface area contributed by atoms with E-state index < -0.39 is 0 Å². The maximum absolute atomic E-state index is 8.49. The van der Waals surface area contributed by atoms with Crippen LogP contribution in [0.3, 0.4) is 0 Å². The standard InChI is InChI=1S/C15H28N2O/c1-4-14(16)11-9-7-5-6-8-10-12-15(2,3)13-17-18/h7-10,13-14,18H,4-6,11-12,16H2,1-3H3/b9-7+,10-8+,17-13+. The molecule has 0 aromatic heterocycles. The molecule has 0 heterocycles. The third-order valence-electron chi connectivity index (χ3n) is 2.85. The molecule has 0 aliphatic carbocycles. The van der Waals surface area contributed by atoms with Crippen LogP contribution in [0.4, 0.5) is 0 Å². The Morgan fingerprint density at radius 3 is 2.33 bits per heavy atom. The second-order valence-corrected chi connectivity index (χ2v) is 5.36. The van der Waals surface area contributed by atoms with Gasteiger partial charge in [-0.15, -0.1) is 5.16 Å². The fourth-order valence-electron chi connectivity index (χ4n) is 1.46. The Balaban J connectivity index is 3.66. The van der Waals surface area contributed by atoms with Crippen LogP contribution in [0.1, 0.15) is 52.9 Å². The van der Waals surface area contributed by atoms with E-state index in [2.05, 4.69) is 36.4 Å². The van der Waals surface area contributed by atoms with Crippen molar-refractivity contribution < 1.29 is 5.21 Å². The molecule has 0 spiro atoms. The van der Waals surface area contributed by atoms with Gasteiger partial charge in [-0.05, 0) is 32.1 Å². The highest BCUT2D eigenvalue weighted by molar-refractivity contribution is 5.64. The molecule has 0 rings (SSSR count). The lowest BCUT2D eigenvalue weighted by molar-refractivity contribution is 0.313. The van der Waals surface area contributed by atoms with Crippen molar-refractivity contribution in [2.75, 3.05) is 0 Å². The molecule has 0 saturated carbocycles. The summed E-state index contributed by atoms with van der Waals surface area (Å²) < 4.78 is 0. The molecule has 3 nitrogen and oxygen atoms in total. The molecule has 3 N–H and O–H groups in total. The summed E-state index contributed by atoms with van der Waals surface area (Å²) in [5.41, 5.74) is 5.74. The van der Waals surface area contributed by atoms with Crippen molar-refractivity contribution in [1.29, 1.82) is 0 Å². The highest BCUT2D eigenvalue weighted by atomic mass is 16.4. The van der Waals surface area contributed by atoms with Crippen molar-refractivity contribution in [3.05, 3.63) is 24.3 Å². The van der Waals surface area contributed by atoms with E-state index in [0.29, 0.717) is 6.04 Å². The first-order chi connectivity index (χ1) is 8.52. The average molecular weight is 252 g/mol. The van der Waals surface area contributed by atoms with Crippen LogP contribution < -0.4 is 5.73 Å². The van der Waals surface area contributed by atoms with Gasteiger partial charge in [0, 0.05) is 17.7 Å². The largest absolute Gasteiger partial charge is 0.411 e. The zero-order valence-corrected chi connectivity index (χ0v) is 12.0. The van der Waals surface area contributed by atoms with E-state index in [1.807, 2.05) is 13.8 Å². The quantitative estimate of drug-likeness (QED) is 0.215. The first-order valence-corrected chi connectivity index (χ1v) is 6.76.